The fourth-order valence-electron chi connectivity index (χ4n) is 1.11. The van der Waals surface area contributed by atoms with Crippen LogP contribution in [0.25, 0.3) is 0 Å². The number of anilines is 1. The summed E-state index contributed by atoms with van der Waals surface area (Å²) in [5, 5.41) is 22.6. The zero-order chi connectivity index (χ0) is 11.3. The lowest BCUT2D eigenvalue weighted by Crippen LogP contribution is -2.08. The highest BCUT2D eigenvalue weighted by atomic mass is 16.6. The summed E-state index contributed by atoms with van der Waals surface area (Å²) in [4.78, 5) is 10.1. The number of nitrogens with one attached hydrogen (secondary N) is 1. The number of aromatic hydroxyl groups is 1. The second-order valence-corrected chi connectivity index (χ2v) is 2.88. The normalized spacial score (nSPS) is 9.93. The van der Waals surface area contributed by atoms with Crippen LogP contribution in [0, 0.1) is 10.1 Å². The van der Waals surface area contributed by atoms with E-state index in [0.717, 1.165) is 6.07 Å². The van der Waals surface area contributed by atoms with Crippen molar-refractivity contribution in [1.82, 2.24) is 0 Å². The Bertz CT molecular complexity index is 354. The molecule has 0 fully saturated rings. The third-order valence-corrected chi connectivity index (χ3v) is 1.80. The summed E-state index contributed by atoms with van der Waals surface area (Å²) < 4.78 is 4.81. The Hall–Kier alpha value is -1.82. The summed E-state index contributed by atoms with van der Waals surface area (Å²) in [6, 6.07) is 3.96. The third-order valence-electron chi connectivity index (χ3n) is 1.80. The number of nitro benzene ring substituents is 1. The second-order valence-electron chi connectivity index (χ2n) is 2.88. The van der Waals surface area contributed by atoms with Crippen molar-refractivity contribution < 1.29 is 14.8 Å². The summed E-state index contributed by atoms with van der Waals surface area (Å²) in [5.74, 6) is -0.126. The molecule has 0 saturated carbocycles. The molecule has 1 aromatic rings. The van der Waals surface area contributed by atoms with Gasteiger partial charge in [0.25, 0.3) is 5.69 Å². The fourth-order valence-corrected chi connectivity index (χ4v) is 1.11. The highest BCUT2D eigenvalue weighted by Gasteiger charge is 2.13. The molecule has 0 amide bonds. The van der Waals surface area contributed by atoms with Gasteiger partial charge in [0.1, 0.15) is 11.4 Å². The van der Waals surface area contributed by atoms with Crippen LogP contribution in [0.3, 0.4) is 0 Å². The quantitative estimate of drug-likeness (QED) is 0.333. The highest BCUT2D eigenvalue weighted by Crippen LogP contribution is 2.27. The molecule has 6 heteroatoms. The molecule has 0 aliphatic carbocycles. The molecule has 6 nitrogen and oxygen atoms in total. The Morgan fingerprint density at radius 2 is 2.33 bits per heavy atom. The molecular weight excluding hydrogens is 200 g/mol. The van der Waals surface area contributed by atoms with Crippen molar-refractivity contribution in [2.24, 2.45) is 0 Å². The minimum atomic E-state index is -0.547. The maximum absolute atomic E-state index is 10.6. The minimum Gasteiger partial charge on any atom is -0.508 e. The van der Waals surface area contributed by atoms with Gasteiger partial charge in [-0.2, -0.15) is 0 Å². The molecule has 0 atom stereocenters. The monoisotopic (exact) mass is 212 g/mol. The third kappa shape index (κ3) is 3.10. The van der Waals surface area contributed by atoms with Crippen LogP contribution in [0.4, 0.5) is 11.4 Å². The number of nitro groups is 1. The smallest absolute Gasteiger partial charge is 0.296 e. The van der Waals surface area contributed by atoms with E-state index in [9.17, 15) is 10.1 Å². The van der Waals surface area contributed by atoms with Crippen LogP contribution in [-0.2, 0) is 4.74 Å². The molecule has 0 aliphatic rings. The number of benzene rings is 1. The average Bonchev–Trinajstić information content (AvgIpc) is 2.20. The predicted molar refractivity (Wildman–Crippen MR) is 55.1 cm³/mol. The number of phenols is 1. The Morgan fingerprint density at radius 1 is 1.60 bits per heavy atom. The zero-order valence-electron chi connectivity index (χ0n) is 8.27. The number of hydrogen-bond acceptors (Lipinski definition) is 5. The van der Waals surface area contributed by atoms with Gasteiger partial charge in [-0.1, -0.05) is 0 Å². The van der Waals surface area contributed by atoms with Crippen LogP contribution >= 0.6 is 0 Å². The summed E-state index contributed by atoms with van der Waals surface area (Å²) in [7, 11) is 1.55. The molecule has 1 aromatic carbocycles. The summed E-state index contributed by atoms with van der Waals surface area (Å²) >= 11 is 0. The lowest BCUT2D eigenvalue weighted by Gasteiger charge is -2.06. The largest absolute Gasteiger partial charge is 0.508 e. The zero-order valence-corrected chi connectivity index (χ0v) is 8.27. The Kier molecular flexibility index (Phi) is 3.87. The SMILES string of the molecule is COCCNc1ccc(O)cc1[N+](=O)[O-]. The van der Waals surface area contributed by atoms with Gasteiger partial charge < -0.3 is 15.2 Å². The Balaban J connectivity index is 2.81. The van der Waals surface area contributed by atoms with Crippen molar-refractivity contribution in [3.05, 3.63) is 28.3 Å². The lowest BCUT2D eigenvalue weighted by molar-refractivity contribution is -0.384. The van der Waals surface area contributed by atoms with Crippen LogP contribution in [0.15, 0.2) is 18.2 Å². The molecule has 15 heavy (non-hydrogen) atoms. The number of nitrogens with zero attached hydrogens (tertiary/aromatic N) is 1. The van der Waals surface area contributed by atoms with Gasteiger partial charge in [0, 0.05) is 13.7 Å². The van der Waals surface area contributed by atoms with Crippen molar-refractivity contribution in [3.63, 3.8) is 0 Å². The van der Waals surface area contributed by atoms with Crippen molar-refractivity contribution in [3.8, 4) is 5.75 Å². The number of phenolic OH excluding ortho intramolecular Hbond substituents is 1. The van der Waals surface area contributed by atoms with Crippen LogP contribution in [-0.4, -0.2) is 30.3 Å². The Morgan fingerprint density at radius 3 is 2.93 bits per heavy atom. The minimum absolute atomic E-state index is 0.126. The molecule has 0 radical (unpaired) electrons. The maximum Gasteiger partial charge on any atom is 0.296 e. The van der Waals surface area contributed by atoms with E-state index >= 15 is 0 Å². The Labute approximate surface area is 86.6 Å². The predicted octanol–water partition coefficient (Wildman–Crippen LogP) is 1.36. The van der Waals surface area contributed by atoms with Crippen molar-refractivity contribution in [2.75, 3.05) is 25.6 Å². The van der Waals surface area contributed by atoms with E-state index in [1.807, 2.05) is 0 Å². The van der Waals surface area contributed by atoms with E-state index in [-0.39, 0.29) is 11.4 Å². The van der Waals surface area contributed by atoms with E-state index in [1.165, 1.54) is 12.1 Å². The van der Waals surface area contributed by atoms with Gasteiger partial charge in [0.2, 0.25) is 0 Å². The first-order valence-corrected chi connectivity index (χ1v) is 4.35. The van der Waals surface area contributed by atoms with Gasteiger partial charge in [0.15, 0.2) is 0 Å². The summed E-state index contributed by atoms with van der Waals surface area (Å²) in [6.45, 7) is 0.931. The van der Waals surface area contributed by atoms with E-state index in [2.05, 4.69) is 5.32 Å². The van der Waals surface area contributed by atoms with Crippen molar-refractivity contribution in [1.29, 1.82) is 0 Å². The van der Waals surface area contributed by atoms with Crippen LogP contribution in [0.5, 0.6) is 5.75 Å². The number of rotatable bonds is 5. The van der Waals surface area contributed by atoms with Crippen molar-refractivity contribution >= 4 is 11.4 Å². The van der Waals surface area contributed by atoms with Gasteiger partial charge in [-0.15, -0.1) is 0 Å². The molecule has 0 spiro atoms. The lowest BCUT2D eigenvalue weighted by atomic mass is 10.2. The molecule has 82 valence electrons. The first kappa shape index (κ1) is 11.3. The first-order chi connectivity index (χ1) is 7.15. The number of hydrogen-bond donors (Lipinski definition) is 2. The summed E-state index contributed by atoms with van der Waals surface area (Å²) in [6.07, 6.45) is 0. The van der Waals surface area contributed by atoms with E-state index in [1.54, 1.807) is 7.11 Å². The first-order valence-electron chi connectivity index (χ1n) is 4.35. The van der Waals surface area contributed by atoms with Gasteiger partial charge >= 0.3 is 0 Å². The molecule has 2 N–H and O–H groups in total. The van der Waals surface area contributed by atoms with Crippen LogP contribution in [0.2, 0.25) is 0 Å². The van der Waals surface area contributed by atoms with Gasteiger partial charge in [-0.25, -0.2) is 0 Å². The highest BCUT2D eigenvalue weighted by molar-refractivity contribution is 5.63. The topological polar surface area (TPSA) is 84.6 Å². The van der Waals surface area contributed by atoms with Crippen molar-refractivity contribution in [2.45, 2.75) is 0 Å². The molecule has 0 bridgehead atoms. The fraction of sp³-hybridized carbons (Fsp3) is 0.333. The number of ether oxygens (including phenoxy) is 1. The van der Waals surface area contributed by atoms with Crippen LogP contribution < -0.4 is 5.32 Å². The molecule has 0 aromatic heterocycles. The maximum atomic E-state index is 10.6. The molecule has 0 saturated heterocycles. The molecule has 1 rings (SSSR count). The van der Waals surface area contributed by atoms with Gasteiger partial charge in [0.05, 0.1) is 17.6 Å². The molecular formula is C9H12N2O4. The van der Waals surface area contributed by atoms with E-state index < -0.39 is 4.92 Å². The average molecular weight is 212 g/mol. The standard InChI is InChI=1S/C9H12N2O4/c1-15-5-4-10-8-3-2-7(12)6-9(8)11(13)14/h2-3,6,10,12H,4-5H2,1H3. The van der Waals surface area contributed by atoms with E-state index in [0.29, 0.717) is 18.8 Å². The van der Waals surface area contributed by atoms with Gasteiger partial charge in [-0.05, 0) is 12.1 Å². The number of methoxy groups -OCH3 is 1. The second kappa shape index (κ2) is 5.16. The molecule has 0 unspecified atom stereocenters. The molecule has 0 aliphatic heterocycles. The van der Waals surface area contributed by atoms with E-state index in [4.69, 9.17) is 9.84 Å². The molecule has 0 heterocycles. The summed E-state index contributed by atoms with van der Waals surface area (Å²) in [5.41, 5.74) is 0.223. The van der Waals surface area contributed by atoms with Crippen LogP contribution in [0.1, 0.15) is 0 Å². The van der Waals surface area contributed by atoms with Gasteiger partial charge in [-0.3, -0.25) is 10.1 Å².